The number of nitrogens with one attached hydrogen (secondary N) is 1. The average Bonchev–Trinajstić information content (AvgIpc) is 2.48. The van der Waals surface area contributed by atoms with E-state index in [1.807, 2.05) is 52.0 Å². The second kappa shape index (κ2) is 5.72. The molecular formula is C13H19BNO2Y-. The van der Waals surface area contributed by atoms with Gasteiger partial charge in [-0.2, -0.15) is 0 Å². The van der Waals surface area contributed by atoms with Crippen LogP contribution in [0.4, 0.5) is 0 Å². The molecule has 0 spiro atoms. The van der Waals surface area contributed by atoms with Crippen molar-refractivity contribution in [2.75, 3.05) is 0 Å². The van der Waals surface area contributed by atoms with Gasteiger partial charge in [-0.05, 0) is 33.2 Å². The minimum Gasteiger partial charge on any atom is -0.674 e. The van der Waals surface area contributed by atoms with Crippen molar-refractivity contribution >= 4 is 12.6 Å². The van der Waals surface area contributed by atoms with Crippen LogP contribution < -0.4 is 5.46 Å². The third kappa shape index (κ3) is 3.05. The Morgan fingerprint density at radius 3 is 2.17 bits per heavy atom. The van der Waals surface area contributed by atoms with E-state index in [9.17, 15) is 0 Å². The average molecular weight is 321 g/mol. The van der Waals surface area contributed by atoms with Gasteiger partial charge >= 0.3 is 7.12 Å². The molecule has 5 heteroatoms. The smallest absolute Gasteiger partial charge is 0.494 e. The second-order valence-corrected chi connectivity index (χ2v) is 5.51. The summed E-state index contributed by atoms with van der Waals surface area (Å²) in [6, 6.07) is 7.86. The fourth-order valence-corrected chi connectivity index (χ4v) is 1.83. The molecule has 0 unspecified atom stereocenters. The van der Waals surface area contributed by atoms with Crippen LogP contribution in [0.5, 0.6) is 0 Å². The normalized spacial score (nSPS) is 20.6. The quantitative estimate of drug-likeness (QED) is 0.786. The van der Waals surface area contributed by atoms with Crippen molar-refractivity contribution in [3.8, 4) is 0 Å². The van der Waals surface area contributed by atoms with Crippen LogP contribution in [0.3, 0.4) is 0 Å². The van der Waals surface area contributed by atoms with E-state index in [0.717, 1.165) is 11.0 Å². The molecule has 1 fully saturated rings. The van der Waals surface area contributed by atoms with Crippen molar-refractivity contribution in [3.05, 3.63) is 35.6 Å². The molecule has 1 N–H and O–H groups in total. The zero-order valence-electron chi connectivity index (χ0n) is 11.5. The van der Waals surface area contributed by atoms with Gasteiger partial charge in [0.15, 0.2) is 0 Å². The van der Waals surface area contributed by atoms with Gasteiger partial charge in [-0.15, -0.1) is 6.54 Å². The maximum absolute atomic E-state index is 7.39. The van der Waals surface area contributed by atoms with Crippen molar-refractivity contribution in [1.29, 1.82) is 0 Å². The Bertz CT molecular complexity index is 407. The van der Waals surface area contributed by atoms with Crippen molar-refractivity contribution in [2.24, 2.45) is 0 Å². The summed E-state index contributed by atoms with van der Waals surface area (Å²) in [7, 11) is -0.327. The molecule has 0 aliphatic carbocycles. The summed E-state index contributed by atoms with van der Waals surface area (Å²) in [5, 5.41) is 0. The summed E-state index contributed by atoms with van der Waals surface area (Å²) in [5.41, 5.74) is 8.74. The van der Waals surface area contributed by atoms with Crippen LogP contribution in [0, 0.1) is 0 Å². The Morgan fingerprint density at radius 1 is 1.11 bits per heavy atom. The van der Waals surface area contributed by atoms with Gasteiger partial charge in [0.1, 0.15) is 0 Å². The Kier molecular flexibility index (Phi) is 5.19. The fourth-order valence-electron chi connectivity index (χ4n) is 1.83. The molecule has 1 aliphatic heterocycles. The summed E-state index contributed by atoms with van der Waals surface area (Å²) >= 11 is 0. The first-order chi connectivity index (χ1) is 7.86. The first-order valence-electron chi connectivity index (χ1n) is 5.95. The molecule has 1 aromatic carbocycles. The predicted octanol–water partition coefficient (Wildman–Crippen LogP) is 2.54. The number of hydrogen-bond acceptors (Lipinski definition) is 2. The van der Waals surface area contributed by atoms with Crippen molar-refractivity contribution < 1.29 is 42.0 Å². The second-order valence-electron chi connectivity index (χ2n) is 5.51. The van der Waals surface area contributed by atoms with Crippen LogP contribution in [0.15, 0.2) is 24.3 Å². The number of rotatable bonds is 2. The van der Waals surface area contributed by atoms with Gasteiger partial charge in [0.05, 0.1) is 11.2 Å². The van der Waals surface area contributed by atoms with Gasteiger partial charge in [-0.3, -0.25) is 0 Å². The molecule has 1 aromatic rings. The largest absolute Gasteiger partial charge is 0.674 e. The van der Waals surface area contributed by atoms with Crippen LogP contribution in [0.2, 0.25) is 0 Å². The molecule has 0 atom stereocenters. The standard InChI is InChI=1S/C13H19BNO2.Y/c1-12(2)13(3,4)17-14(16-12)11-7-5-6-10(8-11)9-15;/h5-8,15H,9H2,1-4H3;/q-1;. The van der Waals surface area contributed by atoms with Crippen molar-refractivity contribution in [1.82, 2.24) is 0 Å². The minimum atomic E-state index is -0.327. The van der Waals surface area contributed by atoms with E-state index >= 15 is 0 Å². The fraction of sp³-hybridized carbons (Fsp3) is 0.538. The molecule has 0 saturated carbocycles. The molecule has 0 bridgehead atoms. The number of benzene rings is 1. The molecule has 3 nitrogen and oxygen atoms in total. The Balaban J connectivity index is 0.00000162. The van der Waals surface area contributed by atoms with Gasteiger partial charge < -0.3 is 15.0 Å². The molecule has 0 amide bonds. The summed E-state index contributed by atoms with van der Waals surface area (Å²) < 4.78 is 11.9. The van der Waals surface area contributed by atoms with E-state index in [1.54, 1.807) is 0 Å². The van der Waals surface area contributed by atoms with Gasteiger partial charge in [0, 0.05) is 32.7 Å². The van der Waals surface area contributed by atoms with E-state index in [2.05, 4.69) is 0 Å². The van der Waals surface area contributed by atoms with Crippen LogP contribution >= 0.6 is 0 Å². The van der Waals surface area contributed by atoms with E-state index in [0.29, 0.717) is 0 Å². The van der Waals surface area contributed by atoms with Crippen LogP contribution in [0.1, 0.15) is 33.3 Å². The van der Waals surface area contributed by atoms with Crippen molar-refractivity contribution in [2.45, 2.75) is 45.4 Å². The third-order valence-corrected chi connectivity index (χ3v) is 3.68. The monoisotopic (exact) mass is 321 g/mol. The van der Waals surface area contributed by atoms with Gasteiger partial charge in [0.25, 0.3) is 0 Å². The summed E-state index contributed by atoms with van der Waals surface area (Å²) in [6.07, 6.45) is 0. The van der Waals surface area contributed by atoms with Crippen molar-refractivity contribution in [3.63, 3.8) is 0 Å². The molecule has 0 aromatic heterocycles. The first-order valence-corrected chi connectivity index (χ1v) is 5.95. The SMILES string of the molecule is CC1(C)OB(c2cccc(C[NH-])c2)OC1(C)C.[Y]. The maximum atomic E-state index is 7.39. The van der Waals surface area contributed by atoms with E-state index in [1.165, 1.54) is 0 Å². The third-order valence-electron chi connectivity index (χ3n) is 3.68. The Morgan fingerprint density at radius 2 is 1.67 bits per heavy atom. The first kappa shape index (κ1) is 16.3. The van der Waals surface area contributed by atoms with E-state index < -0.39 is 0 Å². The minimum absolute atomic E-state index is 0. The molecule has 18 heavy (non-hydrogen) atoms. The predicted molar refractivity (Wildman–Crippen MR) is 70.2 cm³/mol. The van der Waals surface area contributed by atoms with E-state index in [4.69, 9.17) is 15.0 Å². The molecule has 1 heterocycles. The summed E-state index contributed by atoms with van der Waals surface area (Å²) in [6.45, 7) is 8.46. The molecule has 1 radical (unpaired) electrons. The van der Waals surface area contributed by atoms with Crippen LogP contribution in [0.25, 0.3) is 5.73 Å². The van der Waals surface area contributed by atoms with Gasteiger partial charge in [0.2, 0.25) is 0 Å². The van der Waals surface area contributed by atoms with Gasteiger partial charge in [-0.1, -0.05) is 29.8 Å². The molecule has 95 valence electrons. The van der Waals surface area contributed by atoms with Gasteiger partial charge in [-0.25, -0.2) is 0 Å². The van der Waals surface area contributed by atoms with Crippen LogP contribution in [-0.4, -0.2) is 18.3 Å². The summed E-state index contributed by atoms with van der Waals surface area (Å²) in [5.74, 6) is 0. The zero-order valence-corrected chi connectivity index (χ0v) is 14.3. The molecular weight excluding hydrogens is 302 g/mol. The Hall–Kier alpha value is 0.269. The summed E-state index contributed by atoms with van der Waals surface area (Å²) in [4.78, 5) is 0. The van der Waals surface area contributed by atoms with Crippen LogP contribution in [-0.2, 0) is 48.6 Å². The van der Waals surface area contributed by atoms with E-state index in [-0.39, 0.29) is 57.6 Å². The maximum Gasteiger partial charge on any atom is 0.494 e. The molecule has 1 saturated heterocycles. The molecule has 2 rings (SSSR count). The topological polar surface area (TPSA) is 42.3 Å². The Labute approximate surface area is 135 Å². The zero-order chi connectivity index (χ0) is 12.7. The molecule has 1 aliphatic rings. The number of hydrogen-bond donors (Lipinski definition) is 0.